The molecule has 1 aromatic carbocycles. The topological polar surface area (TPSA) is 21.7 Å². The van der Waals surface area contributed by atoms with Crippen LogP contribution in [0.4, 0.5) is 0 Å². The molecule has 1 heterocycles. The molecule has 0 radical (unpaired) electrons. The van der Waals surface area contributed by atoms with Crippen molar-refractivity contribution in [2.75, 3.05) is 0 Å². The van der Waals surface area contributed by atoms with Gasteiger partial charge in [-0.3, -0.25) is 0 Å². The van der Waals surface area contributed by atoms with Crippen molar-refractivity contribution in [3.63, 3.8) is 0 Å². The summed E-state index contributed by atoms with van der Waals surface area (Å²) in [6.07, 6.45) is 2.69. The van der Waals surface area contributed by atoms with Crippen LogP contribution >= 0.6 is 0 Å². The highest BCUT2D eigenvalue weighted by molar-refractivity contribution is 6.90. The zero-order valence-electron chi connectivity index (χ0n) is 20.0. The first-order chi connectivity index (χ1) is 13.3. The molecular formula is C23H40BNO2Si2. The van der Waals surface area contributed by atoms with Crippen molar-refractivity contribution in [3.05, 3.63) is 35.9 Å². The Kier molecular flexibility index (Phi) is 5.11. The van der Waals surface area contributed by atoms with Crippen molar-refractivity contribution in [2.45, 2.75) is 90.5 Å². The first-order valence-electron chi connectivity index (χ1n) is 11.4. The molecule has 0 amide bonds. The molecule has 3 saturated carbocycles. The van der Waals surface area contributed by atoms with Crippen LogP contribution in [0.3, 0.4) is 0 Å². The maximum absolute atomic E-state index is 7.01. The number of nitrogens with zero attached hydrogens (tertiary/aromatic N) is 1. The highest BCUT2D eigenvalue weighted by Gasteiger charge is 2.69. The van der Waals surface area contributed by atoms with Crippen molar-refractivity contribution in [2.24, 2.45) is 17.3 Å². The number of benzene rings is 1. The molecule has 29 heavy (non-hydrogen) atoms. The summed E-state index contributed by atoms with van der Waals surface area (Å²) in [5.41, 5.74) is 1.57. The van der Waals surface area contributed by atoms with E-state index in [2.05, 4.69) is 94.6 Å². The number of rotatable bonds is 5. The molecule has 160 valence electrons. The summed E-state index contributed by atoms with van der Waals surface area (Å²) in [6, 6.07) is 11.0. The summed E-state index contributed by atoms with van der Waals surface area (Å²) in [6.45, 7) is 22.1. The van der Waals surface area contributed by atoms with Crippen LogP contribution in [-0.4, -0.2) is 39.5 Å². The second-order valence-corrected chi connectivity index (χ2v) is 22.5. The van der Waals surface area contributed by atoms with Gasteiger partial charge in [-0.2, -0.15) is 0 Å². The largest absolute Gasteiger partial charge is 0.479 e. The lowest BCUT2D eigenvalue weighted by Crippen LogP contribution is -2.65. The molecule has 1 aromatic rings. The molecule has 0 aromatic heterocycles. The molecule has 6 heteroatoms. The summed E-state index contributed by atoms with van der Waals surface area (Å²) < 4.78 is 16.7. The molecular weight excluding hydrogens is 389 g/mol. The van der Waals surface area contributed by atoms with Crippen LogP contribution in [0.25, 0.3) is 0 Å². The second kappa shape index (κ2) is 6.80. The van der Waals surface area contributed by atoms with E-state index < -0.39 is 16.5 Å². The van der Waals surface area contributed by atoms with Gasteiger partial charge in [0, 0.05) is 0 Å². The van der Waals surface area contributed by atoms with Gasteiger partial charge in [0.1, 0.15) is 16.5 Å². The van der Waals surface area contributed by atoms with Gasteiger partial charge in [-0.15, -0.1) is 0 Å². The summed E-state index contributed by atoms with van der Waals surface area (Å²) in [4.78, 5) is 0. The van der Waals surface area contributed by atoms with Gasteiger partial charge in [0.05, 0.1) is 17.6 Å². The fourth-order valence-electron chi connectivity index (χ4n) is 6.95. The van der Waals surface area contributed by atoms with E-state index in [1.807, 2.05) is 0 Å². The molecule has 4 fully saturated rings. The molecule has 3 aliphatic carbocycles. The summed E-state index contributed by atoms with van der Waals surface area (Å²) in [5, 5.41) is 0. The number of hydrogen-bond donors (Lipinski definition) is 0. The Labute approximate surface area is 180 Å². The summed E-state index contributed by atoms with van der Waals surface area (Å²) >= 11 is 0. The van der Waals surface area contributed by atoms with Crippen LogP contribution in [0, 0.1) is 17.3 Å². The van der Waals surface area contributed by atoms with Crippen LogP contribution in [0.1, 0.15) is 45.1 Å². The van der Waals surface area contributed by atoms with Crippen molar-refractivity contribution in [1.82, 2.24) is 4.23 Å². The average Bonchev–Trinajstić information content (AvgIpc) is 2.94. The monoisotopic (exact) mass is 429 g/mol. The first-order valence-corrected chi connectivity index (χ1v) is 18.3. The summed E-state index contributed by atoms with van der Waals surface area (Å²) in [7, 11) is -3.40. The van der Waals surface area contributed by atoms with Gasteiger partial charge in [-0.05, 0) is 42.6 Å². The zero-order chi connectivity index (χ0) is 21.4. The van der Waals surface area contributed by atoms with Crippen molar-refractivity contribution in [3.8, 4) is 0 Å². The van der Waals surface area contributed by atoms with Gasteiger partial charge in [0.2, 0.25) is 0 Å². The van der Waals surface area contributed by atoms with Crippen LogP contribution in [-0.2, 0) is 9.31 Å². The highest BCUT2D eigenvalue weighted by atomic mass is 28.4. The third-order valence-corrected chi connectivity index (χ3v) is 15.6. The van der Waals surface area contributed by atoms with Crippen LogP contribution in [0.15, 0.2) is 30.3 Å². The molecule has 1 aliphatic heterocycles. The highest BCUT2D eigenvalue weighted by Crippen LogP contribution is 2.66. The SMILES string of the molecule is CC1(C)[C@H]2C[C@@H]3OB([C@@H](c4ccccc4)N([Si](C)(C)C)[Si](C)(C)C)O[C@]3(C)[C@@H]1C2. The molecule has 0 spiro atoms. The Morgan fingerprint density at radius 3 is 2.07 bits per heavy atom. The molecule has 1 saturated heterocycles. The van der Waals surface area contributed by atoms with Crippen LogP contribution < -0.4 is 0 Å². The van der Waals surface area contributed by atoms with E-state index in [1.165, 1.54) is 12.0 Å². The number of hydrogen-bond acceptors (Lipinski definition) is 3. The molecule has 0 unspecified atom stereocenters. The zero-order valence-corrected chi connectivity index (χ0v) is 22.0. The van der Waals surface area contributed by atoms with E-state index in [0.29, 0.717) is 11.3 Å². The fraction of sp³-hybridized carbons (Fsp3) is 0.739. The van der Waals surface area contributed by atoms with Crippen molar-refractivity contribution in [1.29, 1.82) is 0 Å². The normalized spacial score (nSPS) is 34.7. The van der Waals surface area contributed by atoms with E-state index in [1.54, 1.807) is 0 Å². The quantitative estimate of drug-likeness (QED) is 0.539. The van der Waals surface area contributed by atoms with E-state index in [4.69, 9.17) is 9.31 Å². The van der Waals surface area contributed by atoms with Crippen LogP contribution in [0.2, 0.25) is 39.3 Å². The summed E-state index contributed by atoms with van der Waals surface area (Å²) in [5.74, 6) is 1.57. The lowest BCUT2D eigenvalue weighted by molar-refractivity contribution is -0.199. The third-order valence-electron chi connectivity index (χ3n) is 8.09. The standard InChI is InChI=1S/C23H40BNO2Si2/c1-22(2)18-15-19(22)23(3)20(16-18)26-24(27-23)21(17-13-11-10-12-14-17)25(28(4,5)6)29(7,8)9/h10-14,18-21H,15-16H2,1-9H3/t18-,19-,20+,21-,23-/m1/s1. The van der Waals surface area contributed by atoms with Crippen LogP contribution in [0.5, 0.6) is 0 Å². The predicted octanol–water partition coefficient (Wildman–Crippen LogP) is 5.97. The van der Waals surface area contributed by atoms with Gasteiger partial charge in [0.25, 0.3) is 0 Å². The van der Waals surface area contributed by atoms with Crippen molar-refractivity contribution < 1.29 is 9.31 Å². The Balaban J connectivity index is 1.74. The van der Waals surface area contributed by atoms with Crippen molar-refractivity contribution >= 4 is 23.6 Å². The van der Waals surface area contributed by atoms with Gasteiger partial charge < -0.3 is 13.5 Å². The molecule has 5 rings (SSSR count). The minimum atomic E-state index is -1.61. The van der Waals surface area contributed by atoms with Gasteiger partial charge in [-0.1, -0.05) is 83.5 Å². The maximum Gasteiger partial charge on any atom is 0.479 e. The third kappa shape index (κ3) is 3.43. The van der Waals surface area contributed by atoms with Gasteiger partial charge in [0.15, 0.2) is 0 Å². The Morgan fingerprint density at radius 2 is 1.55 bits per heavy atom. The molecule has 5 atom stereocenters. The molecule has 2 bridgehead atoms. The molecule has 0 N–H and O–H groups in total. The lowest BCUT2D eigenvalue weighted by atomic mass is 9.43. The second-order valence-electron chi connectivity index (χ2n) is 12.4. The minimum Gasteiger partial charge on any atom is -0.404 e. The van der Waals surface area contributed by atoms with Gasteiger partial charge >= 0.3 is 7.12 Å². The van der Waals surface area contributed by atoms with E-state index in [-0.39, 0.29) is 24.8 Å². The average molecular weight is 430 g/mol. The van der Waals surface area contributed by atoms with E-state index in [0.717, 1.165) is 12.3 Å². The van der Waals surface area contributed by atoms with Gasteiger partial charge in [-0.25, -0.2) is 0 Å². The minimum absolute atomic E-state index is 0.152. The predicted molar refractivity (Wildman–Crippen MR) is 128 cm³/mol. The molecule has 4 aliphatic rings. The lowest BCUT2D eigenvalue weighted by Gasteiger charge is -2.64. The smallest absolute Gasteiger partial charge is 0.404 e. The Hall–Kier alpha value is -0.401. The fourth-order valence-corrected chi connectivity index (χ4v) is 17.2. The van der Waals surface area contributed by atoms with E-state index >= 15 is 0 Å². The molecule has 3 nitrogen and oxygen atoms in total. The first kappa shape index (κ1) is 21.8. The maximum atomic E-state index is 7.01. The Bertz CT molecular complexity index is 746. The van der Waals surface area contributed by atoms with E-state index in [9.17, 15) is 0 Å². The Morgan fingerprint density at radius 1 is 0.966 bits per heavy atom.